The zero-order valence-corrected chi connectivity index (χ0v) is 11.4. The first-order valence-electron chi connectivity index (χ1n) is 6.13. The summed E-state index contributed by atoms with van der Waals surface area (Å²) in [5, 5.41) is 11.3. The van der Waals surface area contributed by atoms with Crippen LogP contribution in [0.4, 0.5) is 0 Å². The number of hydrogen-bond acceptors (Lipinski definition) is 5. The highest BCUT2D eigenvalue weighted by Gasteiger charge is 2.16. The first-order valence-corrected chi connectivity index (χ1v) is 6.13. The average molecular weight is 271 g/mol. The molecule has 0 saturated heterocycles. The van der Waals surface area contributed by atoms with Gasteiger partial charge in [-0.1, -0.05) is 6.07 Å². The fraction of sp³-hybridized carbons (Fsp3) is 0.200. The van der Waals surface area contributed by atoms with Crippen molar-refractivity contribution in [3.8, 4) is 5.75 Å². The number of nitrogens with zero attached hydrogens (tertiary/aromatic N) is 1. The summed E-state index contributed by atoms with van der Waals surface area (Å²) in [4.78, 5) is 15.8. The highest BCUT2D eigenvalue weighted by atomic mass is 16.5. The van der Waals surface area contributed by atoms with Crippen LogP contribution in [0.25, 0.3) is 27.6 Å². The molecule has 1 aromatic carbocycles. The molecule has 2 heterocycles. The van der Waals surface area contributed by atoms with E-state index in [9.17, 15) is 9.90 Å². The van der Waals surface area contributed by atoms with Crippen LogP contribution >= 0.6 is 0 Å². The minimum absolute atomic E-state index is 0.0275. The first kappa shape index (κ1) is 12.5. The maximum absolute atomic E-state index is 11.8. The number of benzene rings is 1. The molecule has 3 aromatic rings. The van der Waals surface area contributed by atoms with Crippen LogP contribution in [-0.4, -0.2) is 17.2 Å². The van der Waals surface area contributed by atoms with Crippen molar-refractivity contribution in [2.24, 2.45) is 0 Å². The van der Waals surface area contributed by atoms with Gasteiger partial charge in [0.15, 0.2) is 16.7 Å². The van der Waals surface area contributed by atoms with Gasteiger partial charge in [0.2, 0.25) is 0 Å². The number of hydrogen-bond donors (Lipinski definition) is 1. The Labute approximate surface area is 114 Å². The van der Waals surface area contributed by atoms with Crippen LogP contribution in [0.5, 0.6) is 5.75 Å². The maximum atomic E-state index is 11.8. The van der Waals surface area contributed by atoms with E-state index in [1.807, 2.05) is 13.0 Å². The molecule has 0 bridgehead atoms. The molecule has 0 fully saturated rings. The molecule has 5 nitrogen and oxygen atoms in total. The van der Waals surface area contributed by atoms with Gasteiger partial charge in [-0.3, -0.25) is 4.79 Å². The summed E-state index contributed by atoms with van der Waals surface area (Å²) in [5.41, 5.74) is 1.46. The van der Waals surface area contributed by atoms with Crippen molar-refractivity contribution in [2.45, 2.75) is 13.8 Å². The molecule has 2 aromatic heterocycles. The molecule has 0 atom stereocenters. The van der Waals surface area contributed by atoms with Crippen molar-refractivity contribution in [1.29, 1.82) is 0 Å². The fourth-order valence-electron chi connectivity index (χ4n) is 2.41. The minimum atomic E-state index is -0.372. The van der Waals surface area contributed by atoms with Gasteiger partial charge in [-0.25, -0.2) is 4.98 Å². The van der Waals surface area contributed by atoms with E-state index in [4.69, 9.17) is 9.15 Å². The van der Waals surface area contributed by atoms with Gasteiger partial charge in [0, 0.05) is 6.07 Å². The van der Waals surface area contributed by atoms with Gasteiger partial charge in [0.25, 0.3) is 5.56 Å². The predicted octanol–water partition coefficient (Wildman–Crippen LogP) is 2.06. The van der Waals surface area contributed by atoms with Crippen LogP contribution in [0.3, 0.4) is 0 Å². The largest absolute Gasteiger partial charge is 0.509 e. The van der Waals surface area contributed by atoms with Crippen LogP contribution in [0.15, 0.2) is 27.4 Å². The van der Waals surface area contributed by atoms with E-state index in [2.05, 4.69) is 4.98 Å². The monoisotopic (exact) mass is 271 g/mol. The van der Waals surface area contributed by atoms with E-state index in [0.29, 0.717) is 22.2 Å². The summed E-state index contributed by atoms with van der Waals surface area (Å²) < 4.78 is 10.9. The highest BCUT2D eigenvalue weighted by molar-refractivity contribution is 6.09. The predicted molar refractivity (Wildman–Crippen MR) is 76.0 cm³/mol. The lowest BCUT2D eigenvalue weighted by molar-refractivity contribution is 0.406. The van der Waals surface area contributed by atoms with Crippen molar-refractivity contribution in [3.05, 3.63) is 39.5 Å². The molecule has 0 aliphatic rings. The Balaban J connectivity index is 2.78. The number of aromatic nitrogens is 1. The Morgan fingerprint density at radius 3 is 2.80 bits per heavy atom. The second kappa shape index (κ2) is 4.23. The molecule has 102 valence electrons. The number of furan rings is 1. The molecule has 0 amide bonds. The first-order chi connectivity index (χ1) is 9.52. The molecule has 5 heteroatoms. The Hall–Kier alpha value is -2.56. The summed E-state index contributed by atoms with van der Waals surface area (Å²) in [6, 6.07) is 5.10. The number of methoxy groups -OCH3 is 1. The molecular weight excluding hydrogens is 258 g/mol. The number of ether oxygens (including phenoxy) is 1. The van der Waals surface area contributed by atoms with Gasteiger partial charge in [-0.2, -0.15) is 0 Å². The Bertz CT molecular complexity index is 936. The van der Waals surface area contributed by atoms with E-state index in [-0.39, 0.29) is 16.7 Å². The molecule has 0 spiro atoms. The molecule has 0 aliphatic carbocycles. The molecule has 0 aliphatic heterocycles. The van der Waals surface area contributed by atoms with Gasteiger partial charge < -0.3 is 14.3 Å². The average Bonchev–Trinajstić information content (AvgIpc) is 2.71. The number of aliphatic hydroxyl groups is 1. The highest BCUT2D eigenvalue weighted by Crippen LogP contribution is 2.32. The van der Waals surface area contributed by atoms with Gasteiger partial charge >= 0.3 is 0 Å². The SMILES string of the molecule is COc1ccc2c(C)cc(=O)nc3/c(=C(\C)O)oc1c23. The van der Waals surface area contributed by atoms with E-state index in [1.54, 1.807) is 6.07 Å². The van der Waals surface area contributed by atoms with Crippen LogP contribution < -0.4 is 15.7 Å². The number of aliphatic hydroxyl groups excluding tert-OH is 1. The smallest absolute Gasteiger partial charge is 0.270 e. The van der Waals surface area contributed by atoms with E-state index >= 15 is 0 Å². The summed E-state index contributed by atoms with van der Waals surface area (Å²) >= 11 is 0. The molecule has 0 radical (unpaired) electrons. The lowest BCUT2D eigenvalue weighted by Gasteiger charge is -2.01. The van der Waals surface area contributed by atoms with E-state index < -0.39 is 0 Å². The van der Waals surface area contributed by atoms with E-state index in [0.717, 1.165) is 10.9 Å². The third-order valence-electron chi connectivity index (χ3n) is 3.31. The lowest BCUT2D eigenvalue weighted by Crippen LogP contribution is -2.07. The normalized spacial score (nSPS) is 12.9. The Kier molecular flexibility index (Phi) is 2.64. The summed E-state index contributed by atoms with van der Waals surface area (Å²) in [5.74, 6) is 0.509. The third kappa shape index (κ3) is 1.63. The summed E-state index contributed by atoms with van der Waals surface area (Å²) in [6.07, 6.45) is 0. The second-order valence-electron chi connectivity index (χ2n) is 4.66. The Morgan fingerprint density at radius 1 is 1.40 bits per heavy atom. The van der Waals surface area contributed by atoms with Crippen LogP contribution in [-0.2, 0) is 0 Å². The van der Waals surface area contributed by atoms with Crippen molar-refractivity contribution >= 4 is 27.6 Å². The quantitative estimate of drug-likeness (QED) is 0.733. The number of aryl methyl sites for hydroxylation is 1. The van der Waals surface area contributed by atoms with Crippen LogP contribution in [0.1, 0.15) is 12.5 Å². The zero-order chi connectivity index (χ0) is 14.4. The van der Waals surface area contributed by atoms with Crippen LogP contribution in [0, 0.1) is 6.92 Å². The topological polar surface area (TPSA) is 72.6 Å². The molecule has 1 N–H and O–H groups in total. The summed E-state index contributed by atoms with van der Waals surface area (Å²) in [7, 11) is 1.54. The zero-order valence-electron chi connectivity index (χ0n) is 11.4. The summed E-state index contributed by atoms with van der Waals surface area (Å²) in [6.45, 7) is 3.33. The van der Waals surface area contributed by atoms with Gasteiger partial charge in [-0.15, -0.1) is 0 Å². The molecule has 3 rings (SSSR count). The maximum Gasteiger partial charge on any atom is 0.270 e. The van der Waals surface area contributed by atoms with Gasteiger partial charge in [0.1, 0.15) is 11.3 Å². The fourth-order valence-corrected chi connectivity index (χ4v) is 2.41. The standard InChI is InChI=1S/C15H13NO4/c1-7-6-11(18)16-13-12-9(7)4-5-10(19-3)15(12)20-14(13)8(2)17/h4-6,17H,1-3H3/b14-8-. The molecule has 20 heavy (non-hydrogen) atoms. The second-order valence-corrected chi connectivity index (χ2v) is 4.66. The van der Waals surface area contributed by atoms with Crippen molar-refractivity contribution in [2.75, 3.05) is 7.11 Å². The van der Waals surface area contributed by atoms with E-state index in [1.165, 1.54) is 20.1 Å². The molecular formula is C15H13NO4. The molecule has 0 saturated carbocycles. The van der Waals surface area contributed by atoms with Gasteiger partial charge in [0.05, 0.1) is 12.5 Å². The Morgan fingerprint density at radius 2 is 2.15 bits per heavy atom. The van der Waals surface area contributed by atoms with Crippen molar-refractivity contribution in [1.82, 2.24) is 4.98 Å². The van der Waals surface area contributed by atoms with Crippen molar-refractivity contribution < 1.29 is 14.3 Å². The number of rotatable bonds is 1. The van der Waals surface area contributed by atoms with Crippen molar-refractivity contribution in [3.63, 3.8) is 0 Å². The minimum Gasteiger partial charge on any atom is -0.509 e. The lowest BCUT2D eigenvalue weighted by atomic mass is 10.1. The third-order valence-corrected chi connectivity index (χ3v) is 3.31. The molecule has 0 unspecified atom stereocenters. The van der Waals surface area contributed by atoms with Crippen LogP contribution in [0.2, 0.25) is 0 Å². The van der Waals surface area contributed by atoms with Gasteiger partial charge in [-0.05, 0) is 30.9 Å².